The second-order valence-electron chi connectivity index (χ2n) is 6.07. The molecule has 1 aromatic carbocycles. The number of amides is 1. The van der Waals surface area contributed by atoms with E-state index in [2.05, 4.69) is 22.7 Å². The Hall–Kier alpha value is -1.76. The highest BCUT2D eigenvalue weighted by atomic mass is 35.5. The lowest BCUT2D eigenvalue weighted by Crippen LogP contribution is -2.50. The second-order valence-corrected chi connectivity index (χ2v) is 6.88. The molecule has 8 heteroatoms. The van der Waals surface area contributed by atoms with E-state index in [1.165, 1.54) is 0 Å². The number of nitrogens with zero attached hydrogens (tertiary/aromatic N) is 1. The highest BCUT2D eigenvalue weighted by Gasteiger charge is 2.24. The molecule has 3 rings (SSSR count). The van der Waals surface area contributed by atoms with Crippen LogP contribution in [0.1, 0.15) is 29.6 Å². The van der Waals surface area contributed by atoms with Crippen LogP contribution in [0.4, 0.5) is 0 Å². The summed E-state index contributed by atoms with van der Waals surface area (Å²) in [4.78, 5) is 12.3. The van der Waals surface area contributed by atoms with Gasteiger partial charge in [0.2, 0.25) is 0 Å². The van der Waals surface area contributed by atoms with Crippen LogP contribution in [-0.2, 0) is 6.61 Å². The summed E-state index contributed by atoms with van der Waals surface area (Å²) in [6.45, 7) is 3.93. The molecule has 6 nitrogen and oxygen atoms in total. The SMILES string of the molecule is CC1CCNCC1NC(=O)c1cc(COc2c(Cl)cccc2Cl)on1. The zero-order chi connectivity index (χ0) is 17.8. The average Bonchev–Trinajstić information content (AvgIpc) is 3.05. The van der Waals surface area contributed by atoms with Crippen molar-refractivity contribution in [2.75, 3.05) is 13.1 Å². The van der Waals surface area contributed by atoms with Crippen LogP contribution in [0.5, 0.6) is 5.75 Å². The highest BCUT2D eigenvalue weighted by Crippen LogP contribution is 2.32. The van der Waals surface area contributed by atoms with E-state index < -0.39 is 0 Å². The molecule has 0 saturated carbocycles. The van der Waals surface area contributed by atoms with E-state index in [-0.39, 0.29) is 24.2 Å². The highest BCUT2D eigenvalue weighted by molar-refractivity contribution is 6.37. The van der Waals surface area contributed by atoms with Gasteiger partial charge in [0.15, 0.2) is 17.2 Å². The lowest BCUT2D eigenvalue weighted by molar-refractivity contribution is 0.0905. The number of hydrogen-bond donors (Lipinski definition) is 2. The zero-order valence-electron chi connectivity index (χ0n) is 13.7. The summed E-state index contributed by atoms with van der Waals surface area (Å²) in [5, 5.41) is 10.9. The van der Waals surface area contributed by atoms with Crippen molar-refractivity contribution in [3.05, 3.63) is 45.8 Å². The Labute approximate surface area is 155 Å². The summed E-state index contributed by atoms with van der Waals surface area (Å²) >= 11 is 12.1. The van der Waals surface area contributed by atoms with Gasteiger partial charge in [-0.25, -0.2) is 0 Å². The van der Waals surface area contributed by atoms with Gasteiger partial charge in [0, 0.05) is 18.7 Å². The molecule has 2 heterocycles. The quantitative estimate of drug-likeness (QED) is 0.828. The van der Waals surface area contributed by atoms with Gasteiger partial charge in [-0.05, 0) is 31.0 Å². The number of ether oxygens (including phenoxy) is 1. The minimum absolute atomic E-state index is 0.0745. The van der Waals surface area contributed by atoms with Gasteiger partial charge in [-0.2, -0.15) is 0 Å². The van der Waals surface area contributed by atoms with E-state index in [4.69, 9.17) is 32.5 Å². The number of carbonyl (C=O) groups excluding carboxylic acids is 1. The molecular weight excluding hydrogens is 365 g/mol. The third-order valence-electron chi connectivity index (χ3n) is 4.21. The predicted molar refractivity (Wildman–Crippen MR) is 95.2 cm³/mol. The first-order chi connectivity index (χ1) is 12.0. The number of hydrogen-bond acceptors (Lipinski definition) is 5. The topological polar surface area (TPSA) is 76.4 Å². The average molecular weight is 384 g/mol. The normalized spacial score (nSPS) is 20.3. The Bertz CT molecular complexity index is 730. The molecule has 0 radical (unpaired) electrons. The number of aromatic nitrogens is 1. The number of nitrogens with one attached hydrogen (secondary N) is 2. The number of carbonyl (C=O) groups is 1. The van der Waals surface area contributed by atoms with Gasteiger partial charge in [-0.1, -0.05) is 41.3 Å². The molecule has 2 unspecified atom stereocenters. The maximum Gasteiger partial charge on any atom is 0.273 e. The monoisotopic (exact) mass is 383 g/mol. The molecule has 1 saturated heterocycles. The maximum atomic E-state index is 12.3. The predicted octanol–water partition coefficient (Wildman–Crippen LogP) is 3.29. The smallest absolute Gasteiger partial charge is 0.273 e. The Kier molecular flexibility index (Phi) is 5.83. The van der Waals surface area contributed by atoms with Gasteiger partial charge in [0.05, 0.1) is 10.0 Å². The summed E-state index contributed by atoms with van der Waals surface area (Å²) < 4.78 is 10.7. The number of halogens is 2. The second kappa shape index (κ2) is 8.08. The van der Waals surface area contributed by atoms with Gasteiger partial charge in [0.1, 0.15) is 6.61 Å². The van der Waals surface area contributed by atoms with Crippen molar-refractivity contribution in [1.82, 2.24) is 15.8 Å². The lowest BCUT2D eigenvalue weighted by Gasteiger charge is -2.29. The number of para-hydroxylation sites is 1. The molecule has 134 valence electrons. The van der Waals surface area contributed by atoms with E-state index in [9.17, 15) is 4.79 Å². The van der Waals surface area contributed by atoms with Crippen molar-refractivity contribution in [3.63, 3.8) is 0 Å². The molecule has 0 bridgehead atoms. The summed E-state index contributed by atoms with van der Waals surface area (Å²) in [6.07, 6.45) is 1.03. The van der Waals surface area contributed by atoms with E-state index in [0.29, 0.717) is 27.5 Å². The van der Waals surface area contributed by atoms with Gasteiger partial charge >= 0.3 is 0 Å². The third kappa shape index (κ3) is 4.45. The fourth-order valence-electron chi connectivity index (χ4n) is 2.68. The van der Waals surface area contributed by atoms with Crippen molar-refractivity contribution < 1.29 is 14.1 Å². The van der Waals surface area contributed by atoms with Crippen LogP contribution in [0, 0.1) is 5.92 Å². The molecule has 1 amide bonds. The number of benzene rings is 1. The number of piperidine rings is 1. The Morgan fingerprint density at radius 3 is 2.92 bits per heavy atom. The van der Waals surface area contributed by atoms with E-state index in [0.717, 1.165) is 19.5 Å². The van der Waals surface area contributed by atoms with Crippen molar-refractivity contribution in [2.24, 2.45) is 5.92 Å². The summed E-state index contributed by atoms with van der Waals surface area (Å²) in [7, 11) is 0. The van der Waals surface area contributed by atoms with Crippen molar-refractivity contribution in [1.29, 1.82) is 0 Å². The molecule has 1 aliphatic heterocycles. The van der Waals surface area contributed by atoms with Crippen LogP contribution in [0.15, 0.2) is 28.8 Å². The number of rotatable bonds is 5. The van der Waals surface area contributed by atoms with E-state index in [1.807, 2.05) is 0 Å². The van der Waals surface area contributed by atoms with Crippen molar-refractivity contribution in [3.8, 4) is 5.75 Å². The maximum absolute atomic E-state index is 12.3. The summed E-state index contributed by atoms with van der Waals surface area (Å²) in [5.41, 5.74) is 0.224. The molecule has 1 aliphatic rings. The van der Waals surface area contributed by atoms with Gasteiger partial charge in [0.25, 0.3) is 5.91 Å². The first-order valence-corrected chi connectivity index (χ1v) is 8.84. The largest absolute Gasteiger partial charge is 0.482 e. The fourth-order valence-corrected chi connectivity index (χ4v) is 3.18. The Morgan fingerprint density at radius 1 is 1.44 bits per heavy atom. The molecule has 2 N–H and O–H groups in total. The van der Waals surface area contributed by atoms with Gasteiger partial charge < -0.3 is 19.9 Å². The van der Waals surface area contributed by atoms with Gasteiger partial charge in [-0.3, -0.25) is 4.79 Å². The van der Waals surface area contributed by atoms with E-state index in [1.54, 1.807) is 24.3 Å². The molecular formula is C17H19Cl2N3O3. The van der Waals surface area contributed by atoms with E-state index >= 15 is 0 Å². The fraction of sp³-hybridized carbons (Fsp3) is 0.412. The summed E-state index contributed by atoms with van der Waals surface area (Å²) in [5.74, 6) is 0.944. The first-order valence-electron chi connectivity index (χ1n) is 8.08. The lowest BCUT2D eigenvalue weighted by atomic mass is 9.95. The minimum Gasteiger partial charge on any atom is -0.482 e. The third-order valence-corrected chi connectivity index (χ3v) is 4.81. The van der Waals surface area contributed by atoms with Gasteiger partial charge in [-0.15, -0.1) is 0 Å². The molecule has 0 aliphatic carbocycles. The molecule has 0 spiro atoms. The van der Waals surface area contributed by atoms with Crippen molar-refractivity contribution in [2.45, 2.75) is 26.0 Å². The van der Waals surface area contributed by atoms with Crippen LogP contribution < -0.4 is 15.4 Å². The molecule has 2 atom stereocenters. The van der Waals surface area contributed by atoms with Crippen LogP contribution in [0.3, 0.4) is 0 Å². The van der Waals surface area contributed by atoms with Crippen molar-refractivity contribution >= 4 is 29.1 Å². The Morgan fingerprint density at radius 2 is 2.20 bits per heavy atom. The molecule has 1 aromatic heterocycles. The molecule has 25 heavy (non-hydrogen) atoms. The van der Waals surface area contributed by atoms with Crippen LogP contribution >= 0.6 is 23.2 Å². The van der Waals surface area contributed by atoms with Crippen LogP contribution in [0.25, 0.3) is 0 Å². The van der Waals surface area contributed by atoms with Crippen LogP contribution in [0.2, 0.25) is 10.0 Å². The molecule has 2 aromatic rings. The van der Waals surface area contributed by atoms with Crippen LogP contribution in [-0.4, -0.2) is 30.2 Å². The summed E-state index contributed by atoms with van der Waals surface area (Å²) in [6, 6.07) is 6.74. The molecule has 1 fully saturated rings. The standard InChI is InChI=1S/C17H19Cl2N3O3/c1-10-5-6-20-8-15(10)21-17(23)14-7-11(25-22-14)9-24-16-12(18)3-2-4-13(16)19/h2-4,7,10,15,20H,5-6,8-9H2,1H3,(H,21,23). The first kappa shape index (κ1) is 18.0. The minimum atomic E-state index is -0.258. The zero-order valence-corrected chi connectivity index (χ0v) is 15.2. The Balaban J connectivity index is 1.59.